The molecular weight excluding hydrogens is 288 g/mol. The van der Waals surface area contributed by atoms with Crippen LogP contribution in [0.15, 0.2) is 23.3 Å². The van der Waals surface area contributed by atoms with Crippen LogP contribution in [0.4, 0.5) is 0 Å². The maximum absolute atomic E-state index is 12.4. The molecule has 0 amide bonds. The highest BCUT2D eigenvalue weighted by Crippen LogP contribution is 2.36. The molecule has 5 aliphatic rings. The molecule has 0 aromatic carbocycles. The molecule has 124 valence electrons. The zero-order valence-corrected chi connectivity index (χ0v) is 13.9. The van der Waals surface area contributed by atoms with Crippen LogP contribution < -0.4 is 5.32 Å². The standard InChI is InChI=1S/C19H26N2O2/c1-21-11-14-6-12-2-4-18(22)16(8-12)17-9-13(3-5-19(17)23)7-15(21)10-20-14/h8-9,14-17,20H,2-7,10-11H2,1H3/t14-,15-,16+,17+/m0/s1. The Kier molecular flexibility index (Phi) is 3.98. The quantitative estimate of drug-likeness (QED) is 0.694. The van der Waals surface area contributed by atoms with Gasteiger partial charge in [-0.3, -0.25) is 9.59 Å². The van der Waals surface area contributed by atoms with Crippen molar-refractivity contribution in [3.8, 4) is 0 Å². The number of carbonyl (C=O) groups is 2. The van der Waals surface area contributed by atoms with Crippen LogP contribution in [0.3, 0.4) is 0 Å². The molecule has 4 nitrogen and oxygen atoms in total. The van der Waals surface area contributed by atoms with Gasteiger partial charge in [0.05, 0.1) is 0 Å². The molecule has 3 heterocycles. The second-order valence-electron chi connectivity index (χ2n) is 7.74. The van der Waals surface area contributed by atoms with Crippen molar-refractivity contribution in [1.82, 2.24) is 10.2 Å². The predicted molar refractivity (Wildman–Crippen MR) is 89.1 cm³/mol. The highest BCUT2D eigenvalue weighted by molar-refractivity contribution is 5.93. The van der Waals surface area contributed by atoms with E-state index in [4.69, 9.17) is 0 Å². The first kappa shape index (κ1) is 15.3. The van der Waals surface area contributed by atoms with Gasteiger partial charge in [-0.2, -0.15) is 0 Å². The number of fused-ring (bicyclic) bond motifs is 2. The van der Waals surface area contributed by atoms with Crippen LogP contribution in [-0.4, -0.2) is 48.7 Å². The molecule has 1 saturated heterocycles. The fraction of sp³-hybridized carbons (Fsp3) is 0.684. The lowest BCUT2D eigenvalue weighted by Gasteiger charge is -2.41. The van der Waals surface area contributed by atoms with Crippen LogP contribution in [0.2, 0.25) is 0 Å². The molecule has 2 aliphatic carbocycles. The van der Waals surface area contributed by atoms with Gasteiger partial charge in [-0.25, -0.2) is 0 Å². The Labute approximate surface area is 138 Å². The number of nitrogens with zero attached hydrogens (tertiary/aromatic N) is 1. The molecule has 1 fully saturated rings. The third-order valence-corrected chi connectivity index (χ3v) is 6.13. The first-order valence-corrected chi connectivity index (χ1v) is 8.98. The first-order chi connectivity index (χ1) is 11.1. The third kappa shape index (κ3) is 2.94. The lowest BCUT2D eigenvalue weighted by Crippen LogP contribution is -2.55. The van der Waals surface area contributed by atoms with Gasteiger partial charge in [-0.05, 0) is 32.7 Å². The molecule has 0 spiro atoms. The normalized spacial score (nSPS) is 38.5. The fourth-order valence-corrected chi connectivity index (χ4v) is 4.71. The zero-order chi connectivity index (χ0) is 16.0. The molecule has 0 aromatic heterocycles. The number of piperazine rings is 1. The van der Waals surface area contributed by atoms with Gasteiger partial charge in [0.25, 0.3) is 0 Å². The van der Waals surface area contributed by atoms with Gasteiger partial charge >= 0.3 is 0 Å². The molecule has 23 heavy (non-hydrogen) atoms. The van der Waals surface area contributed by atoms with Crippen molar-refractivity contribution in [2.45, 2.75) is 50.6 Å². The molecule has 5 rings (SSSR count). The number of hydrogen-bond donors (Lipinski definition) is 1. The Morgan fingerprint density at radius 1 is 0.957 bits per heavy atom. The first-order valence-electron chi connectivity index (χ1n) is 8.98. The van der Waals surface area contributed by atoms with Crippen LogP contribution in [0.1, 0.15) is 38.5 Å². The van der Waals surface area contributed by atoms with Crippen LogP contribution in [0.25, 0.3) is 0 Å². The minimum atomic E-state index is -0.197. The molecule has 0 aromatic rings. The molecule has 0 radical (unpaired) electrons. The van der Waals surface area contributed by atoms with E-state index >= 15 is 0 Å². The molecule has 4 atom stereocenters. The summed E-state index contributed by atoms with van der Waals surface area (Å²) in [5.74, 6) is 0.130. The van der Waals surface area contributed by atoms with E-state index in [1.54, 1.807) is 0 Å². The van der Waals surface area contributed by atoms with E-state index in [0.717, 1.165) is 38.8 Å². The number of likely N-dealkylation sites (N-methyl/N-ethyl adjacent to an activating group) is 1. The molecule has 6 bridgehead atoms. The van der Waals surface area contributed by atoms with Crippen LogP contribution in [-0.2, 0) is 9.59 Å². The monoisotopic (exact) mass is 314 g/mol. The Bertz CT molecular complexity index is 592. The van der Waals surface area contributed by atoms with Crippen molar-refractivity contribution < 1.29 is 9.59 Å². The molecule has 0 saturated carbocycles. The van der Waals surface area contributed by atoms with Gasteiger partial charge < -0.3 is 10.2 Å². The fourth-order valence-electron chi connectivity index (χ4n) is 4.71. The van der Waals surface area contributed by atoms with Gasteiger partial charge in [-0.15, -0.1) is 0 Å². The Morgan fingerprint density at radius 2 is 1.57 bits per heavy atom. The zero-order valence-electron chi connectivity index (χ0n) is 13.9. The molecule has 1 N–H and O–H groups in total. The van der Waals surface area contributed by atoms with Crippen molar-refractivity contribution in [1.29, 1.82) is 0 Å². The van der Waals surface area contributed by atoms with E-state index in [0.29, 0.717) is 24.9 Å². The number of nitrogens with one attached hydrogen (secondary N) is 1. The van der Waals surface area contributed by atoms with Gasteiger partial charge in [0, 0.05) is 49.9 Å². The highest BCUT2D eigenvalue weighted by atomic mass is 16.1. The average molecular weight is 314 g/mol. The average Bonchev–Trinajstić information content (AvgIpc) is 2.53. The topological polar surface area (TPSA) is 49.4 Å². The summed E-state index contributed by atoms with van der Waals surface area (Å²) in [6.07, 6.45) is 9.29. The number of ketones is 2. The predicted octanol–water partition coefficient (Wildman–Crippen LogP) is 1.86. The minimum Gasteiger partial charge on any atom is -0.311 e. The van der Waals surface area contributed by atoms with Crippen molar-refractivity contribution >= 4 is 11.6 Å². The maximum atomic E-state index is 12.4. The number of allylic oxidation sites excluding steroid dienone is 2. The van der Waals surface area contributed by atoms with Gasteiger partial charge in [0.1, 0.15) is 11.6 Å². The maximum Gasteiger partial charge on any atom is 0.141 e. The van der Waals surface area contributed by atoms with Crippen LogP contribution in [0.5, 0.6) is 0 Å². The second-order valence-corrected chi connectivity index (χ2v) is 7.74. The number of carbonyl (C=O) groups excluding carboxylic acids is 2. The summed E-state index contributed by atoms with van der Waals surface area (Å²) >= 11 is 0. The van der Waals surface area contributed by atoms with Crippen molar-refractivity contribution in [3.63, 3.8) is 0 Å². The number of rotatable bonds is 0. The summed E-state index contributed by atoms with van der Waals surface area (Å²) in [5.41, 5.74) is 2.74. The van der Waals surface area contributed by atoms with E-state index in [1.807, 2.05) is 0 Å². The van der Waals surface area contributed by atoms with Gasteiger partial charge in [0.15, 0.2) is 0 Å². The highest BCUT2D eigenvalue weighted by Gasteiger charge is 2.37. The number of hydrogen-bond acceptors (Lipinski definition) is 4. The summed E-state index contributed by atoms with van der Waals surface area (Å²) in [5, 5.41) is 3.70. The van der Waals surface area contributed by atoms with Crippen LogP contribution in [0, 0.1) is 11.8 Å². The number of Topliss-reactive ketones (excluding diaryl/α,β-unsaturated/α-hetero) is 2. The Hall–Kier alpha value is -1.26. The summed E-state index contributed by atoms with van der Waals surface area (Å²) in [6, 6.07) is 0.982. The third-order valence-electron chi connectivity index (χ3n) is 6.13. The van der Waals surface area contributed by atoms with E-state index in [-0.39, 0.29) is 23.4 Å². The lowest BCUT2D eigenvalue weighted by atomic mass is 9.73. The largest absolute Gasteiger partial charge is 0.311 e. The van der Waals surface area contributed by atoms with Crippen molar-refractivity contribution in [3.05, 3.63) is 23.3 Å². The Balaban J connectivity index is 1.73. The summed E-state index contributed by atoms with van der Waals surface area (Å²) in [6.45, 7) is 2.09. The van der Waals surface area contributed by atoms with E-state index in [9.17, 15) is 9.59 Å². The van der Waals surface area contributed by atoms with Crippen molar-refractivity contribution in [2.75, 3.05) is 20.1 Å². The molecular formula is C19H26N2O2. The summed E-state index contributed by atoms with van der Waals surface area (Å²) in [4.78, 5) is 27.3. The van der Waals surface area contributed by atoms with E-state index < -0.39 is 0 Å². The minimum absolute atomic E-state index is 0.197. The Morgan fingerprint density at radius 3 is 2.17 bits per heavy atom. The van der Waals surface area contributed by atoms with E-state index in [2.05, 4.69) is 29.4 Å². The lowest BCUT2D eigenvalue weighted by molar-refractivity contribution is -0.130. The molecule has 4 heteroatoms. The second kappa shape index (κ2) is 5.99. The van der Waals surface area contributed by atoms with Gasteiger partial charge in [-0.1, -0.05) is 23.3 Å². The summed E-state index contributed by atoms with van der Waals surface area (Å²) in [7, 11) is 2.22. The SMILES string of the molecule is CN1C[C@@H]2CC3=C[C@@H](C(=O)CC3)[C@H]3C=C(CCC3=O)C[C@H]1CN2. The smallest absolute Gasteiger partial charge is 0.141 e. The van der Waals surface area contributed by atoms with E-state index in [1.165, 1.54) is 11.1 Å². The van der Waals surface area contributed by atoms with Crippen molar-refractivity contribution in [2.24, 2.45) is 11.8 Å². The van der Waals surface area contributed by atoms with Crippen LogP contribution >= 0.6 is 0 Å². The molecule has 0 unspecified atom stereocenters. The molecule has 3 aliphatic heterocycles. The van der Waals surface area contributed by atoms with Gasteiger partial charge in [0.2, 0.25) is 0 Å². The summed E-state index contributed by atoms with van der Waals surface area (Å²) < 4.78 is 0.